The molecule has 2 aromatic rings. The molecule has 0 aromatic heterocycles. The molecule has 6 heteroatoms. The molecule has 0 heterocycles. The van der Waals surface area contributed by atoms with Crippen molar-refractivity contribution < 1.29 is 19.1 Å². The summed E-state index contributed by atoms with van der Waals surface area (Å²) >= 11 is 0. The average molecular weight is 483 g/mol. The number of carbonyl (C=O) groups excluding carboxylic acids is 2. The van der Waals surface area contributed by atoms with E-state index in [9.17, 15) is 9.59 Å². The summed E-state index contributed by atoms with van der Waals surface area (Å²) in [4.78, 5) is 25.2. The van der Waals surface area contributed by atoms with Crippen molar-refractivity contribution >= 4 is 17.5 Å². The third-order valence-electron chi connectivity index (χ3n) is 5.91. The van der Waals surface area contributed by atoms with Crippen molar-refractivity contribution in [2.75, 3.05) is 25.6 Å². The smallest absolute Gasteiger partial charge is 0.255 e. The van der Waals surface area contributed by atoms with E-state index in [1.165, 1.54) is 52.1 Å². The summed E-state index contributed by atoms with van der Waals surface area (Å²) < 4.78 is 11.2. The molecular weight excluding hydrogens is 440 g/mol. The van der Waals surface area contributed by atoms with Crippen molar-refractivity contribution in [1.82, 2.24) is 5.32 Å². The topological polar surface area (TPSA) is 76.7 Å². The minimum absolute atomic E-state index is 0.172. The molecule has 2 amide bonds. The van der Waals surface area contributed by atoms with Crippen LogP contribution in [-0.2, 0) is 0 Å². The van der Waals surface area contributed by atoms with Crippen molar-refractivity contribution in [3.63, 3.8) is 0 Å². The van der Waals surface area contributed by atoms with E-state index in [0.29, 0.717) is 35.7 Å². The summed E-state index contributed by atoms with van der Waals surface area (Å²) in [6.45, 7) is 5.62. The van der Waals surface area contributed by atoms with E-state index < -0.39 is 0 Å². The molecule has 2 rings (SSSR count). The van der Waals surface area contributed by atoms with Crippen LogP contribution >= 0.6 is 0 Å². The summed E-state index contributed by atoms with van der Waals surface area (Å²) in [6.07, 6.45) is 12.0. The number of nitrogens with one attached hydrogen (secondary N) is 2. The van der Waals surface area contributed by atoms with Gasteiger partial charge < -0.3 is 20.1 Å². The molecule has 192 valence electrons. The van der Waals surface area contributed by atoms with Crippen LogP contribution in [0.3, 0.4) is 0 Å². The Morgan fingerprint density at radius 3 is 2.03 bits per heavy atom. The normalized spacial score (nSPS) is 10.6. The molecule has 0 radical (unpaired) electrons. The Hall–Kier alpha value is -3.02. The summed E-state index contributed by atoms with van der Waals surface area (Å²) in [6, 6.07) is 12.1. The van der Waals surface area contributed by atoms with Gasteiger partial charge in [-0.05, 0) is 55.3 Å². The van der Waals surface area contributed by atoms with Gasteiger partial charge in [-0.25, -0.2) is 0 Å². The summed E-state index contributed by atoms with van der Waals surface area (Å²) in [7, 11) is 1.53. The van der Waals surface area contributed by atoms with Gasteiger partial charge in [0.05, 0.1) is 19.4 Å². The first-order valence-electron chi connectivity index (χ1n) is 13.1. The molecule has 0 atom stereocenters. The number of ether oxygens (including phenoxy) is 2. The van der Waals surface area contributed by atoms with Crippen molar-refractivity contribution in [3.8, 4) is 11.5 Å². The van der Waals surface area contributed by atoms with Gasteiger partial charge >= 0.3 is 0 Å². The van der Waals surface area contributed by atoms with E-state index in [1.807, 2.05) is 12.1 Å². The van der Waals surface area contributed by atoms with E-state index >= 15 is 0 Å². The van der Waals surface area contributed by atoms with Gasteiger partial charge in [-0.1, -0.05) is 65.2 Å². The van der Waals surface area contributed by atoms with Crippen LogP contribution in [0.15, 0.2) is 42.5 Å². The number of amides is 2. The first kappa shape index (κ1) is 28.2. The van der Waals surface area contributed by atoms with Crippen LogP contribution < -0.4 is 20.1 Å². The Labute approximate surface area is 210 Å². The largest absolute Gasteiger partial charge is 0.495 e. The van der Waals surface area contributed by atoms with E-state index in [1.54, 1.807) is 30.3 Å². The molecule has 0 bridgehead atoms. The van der Waals surface area contributed by atoms with Gasteiger partial charge in [0.2, 0.25) is 0 Å². The maximum absolute atomic E-state index is 12.8. The van der Waals surface area contributed by atoms with Gasteiger partial charge in [0.25, 0.3) is 11.8 Å². The number of benzene rings is 2. The lowest BCUT2D eigenvalue weighted by Gasteiger charge is -2.13. The molecule has 0 spiro atoms. The number of unbranched alkanes of at least 4 members (excludes halogenated alkanes) is 8. The zero-order chi connectivity index (χ0) is 25.3. The molecule has 6 nitrogen and oxygen atoms in total. The van der Waals surface area contributed by atoms with Crippen LogP contribution in [0.5, 0.6) is 11.5 Å². The van der Waals surface area contributed by atoms with Gasteiger partial charge in [0, 0.05) is 17.7 Å². The predicted molar refractivity (Wildman–Crippen MR) is 143 cm³/mol. The van der Waals surface area contributed by atoms with Crippen molar-refractivity contribution in [3.05, 3.63) is 53.6 Å². The van der Waals surface area contributed by atoms with E-state index in [4.69, 9.17) is 9.47 Å². The SMILES string of the molecule is CCCCCCCCCCOc1ccc(C(=O)Nc2cc(C(=O)NCCCC)ccc2OC)cc1. The monoisotopic (exact) mass is 482 g/mol. The van der Waals surface area contributed by atoms with E-state index in [2.05, 4.69) is 24.5 Å². The molecule has 0 aliphatic rings. The Morgan fingerprint density at radius 1 is 0.743 bits per heavy atom. The van der Waals surface area contributed by atoms with E-state index in [-0.39, 0.29) is 11.8 Å². The molecule has 0 saturated heterocycles. The summed E-state index contributed by atoms with van der Waals surface area (Å²) in [5, 5.41) is 5.75. The van der Waals surface area contributed by atoms with Gasteiger partial charge in [-0.3, -0.25) is 9.59 Å². The third kappa shape index (κ3) is 10.4. The fraction of sp³-hybridized carbons (Fsp3) is 0.517. The lowest BCUT2D eigenvalue weighted by Crippen LogP contribution is -2.24. The number of rotatable bonds is 17. The molecule has 0 aliphatic carbocycles. The zero-order valence-corrected chi connectivity index (χ0v) is 21.7. The maximum atomic E-state index is 12.8. The van der Waals surface area contributed by atoms with Crippen LogP contribution in [0, 0.1) is 0 Å². The second-order valence-corrected chi connectivity index (χ2v) is 8.83. The molecular formula is C29H42N2O4. The van der Waals surface area contributed by atoms with Gasteiger partial charge in [-0.2, -0.15) is 0 Å². The lowest BCUT2D eigenvalue weighted by molar-refractivity contribution is 0.0951. The first-order chi connectivity index (χ1) is 17.1. The Morgan fingerprint density at radius 2 is 1.37 bits per heavy atom. The molecule has 0 aliphatic heterocycles. The Bertz CT molecular complexity index is 896. The van der Waals surface area contributed by atoms with Crippen molar-refractivity contribution in [1.29, 1.82) is 0 Å². The standard InChI is InChI=1S/C29H42N2O4/c1-4-6-8-9-10-11-12-13-21-35-25-17-14-23(15-18-25)29(33)31-26-22-24(16-19-27(26)34-3)28(32)30-20-7-5-2/h14-19,22H,4-13,20-21H2,1-3H3,(H,30,32)(H,31,33). The van der Waals surface area contributed by atoms with Crippen LogP contribution in [0.4, 0.5) is 5.69 Å². The molecule has 2 N–H and O–H groups in total. The maximum Gasteiger partial charge on any atom is 0.255 e. The van der Waals surface area contributed by atoms with Crippen molar-refractivity contribution in [2.24, 2.45) is 0 Å². The van der Waals surface area contributed by atoms with Gasteiger partial charge in [-0.15, -0.1) is 0 Å². The Kier molecular flexibility index (Phi) is 13.4. The van der Waals surface area contributed by atoms with Crippen LogP contribution in [-0.4, -0.2) is 32.1 Å². The first-order valence-corrected chi connectivity index (χ1v) is 13.1. The molecule has 35 heavy (non-hydrogen) atoms. The van der Waals surface area contributed by atoms with E-state index in [0.717, 1.165) is 25.0 Å². The highest BCUT2D eigenvalue weighted by molar-refractivity contribution is 6.06. The predicted octanol–water partition coefficient (Wildman–Crippen LogP) is 7.00. The second kappa shape index (κ2) is 16.6. The zero-order valence-electron chi connectivity index (χ0n) is 21.7. The van der Waals surface area contributed by atoms with Gasteiger partial charge in [0.1, 0.15) is 11.5 Å². The highest BCUT2D eigenvalue weighted by Gasteiger charge is 2.14. The second-order valence-electron chi connectivity index (χ2n) is 8.83. The number of anilines is 1. The molecule has 0 saturated carbocycles. The highest BCUT2D eigenvalue weighted by Crippen LogP contribution is 2.26. The number of hydrogen-bond donors (Lipinski definition) is 2. The highest BCUT2D eigenvalue weighted by atomic mass is 16.5. The fourth-order valence-corrected chi connectivity index (χ4v) is 3.75. The number of hydrogen-bond acceptors (Lipinski definition) is 4. The lowest BCUT2D eigenvalue weighted by atomic mass is 10.1. The summed E-state index contributed by atoms with van der Waals surface area (Å²) in [5.74, 6) is 0.803. The number of methoxy groups -OCH3 is 1. The minimum atomic E-state index is -0.276. The number of carbonyl (C=O) groups is 2. The quantitative estimate of drug-likeness (QED) is 0.238. The van der Waals surface area contributed by atoms with Crippen LogP contribution in [0.1, 0.15) is 98.8 Å². The fourth-order valence-electron chi connectivity index (χ4n) is 3.75. The van der Waals surface area contributed by atoms with Crippen LogP contribution in [0.2, 0.25) is 0 Å². The minimum Gasteiger partial charge on any atom is -0.495 e. The van der Waals surface area contributed by atoms with Gasteiger partial charge in [0.15, 0.2) is 0 Å². The summed E-state index contributed by atoms with van der Waals surface area (Å²) in [5.41, 5.74) is 1.43. The van der Waals surface area contributed by atoms with Crippen LogP contribution in [0.25, 0.3) is 0 Å². The van der Waals surface area contributed by atoms with Crippen molar-refractivity contribution in [2.45, 2.75) is 78.1 Å². The third-order valence-corrected chi connectivity index (χ3v) is 5.91. The Balaban J connectivity index is 1.83. The average Bonchev–Trinajstić information content (AvgIpc) is 2.88. The molecule has 0 unspecified atom stereocenters. The molecule has 2 aromatic carbocycles. The molecule has 0 fully saturated rings.